The van der Waals surface area contributed by atoms with E-state index >= 15 is 0 Å². The summed E-state index contributed by atoms with van der Waals surface area (Å²) in [7, 11) is 0. The van der Waals surface area contributed by atoms with E-state index in [1.54, 1.807) is 0 Å². The van der Waals surface area contributed by atoms with Crippen molar-refractivity contribution in [3.8, 4) is 0 Å². The zero-order valence-electron chi connectivity index (χ0n) is 13.9. The molecule has 1 rings (SSSR count). The molecule has 0 N–H and O–H groups in total. The molecule has 0 saturated carbocycles. The van der Waals surface area contributed by atoms with Gasteiger partial charge < -0.3 is 9.47 Å². The summed E-state index contributed by atoms with van der Waals surface area (Å²) in [6.07, 6.45) is 14.7. The van der Waals surface area contributed by atoms with Crippen molar-refractivity contribution >= 4 is 5.78 Å². The lowest BCUT2D eigenvalue weighted by atomic mass is 10.1. The van der Waals surface area contributed by atoms with Gasteiger partial charge in [-0.1, -0.05) is 39.0 Å². The first kappa shape index (κ1) is 18.6. The summed E-state index contributed by atoms with van der Waals surface area (Å²) in [6.45, 7) is 3.78. The summed E-state index contributed by atoms with van der Waals surface area (Å²) in [5.41, 5.74) is 0. The highest BCUT2D eigenvalue weighted by molar-refractivity contribution is 5.78. The van der Waals surface area contributed by atoms with Crippen LogP contribution < -0.4 is 0 Å². The summed E-state index contributed by atoms with van der Waals surface area (Å²) in [6, 6.07) is 0. The van der Waals surface area contributed by atoms with E-state index in [0.29, 0.717) is 5.78 Å². The second kappa shape index (κ2) is 13.3. The predicted octanol–water partition coefficient (Wildman–Crippen LogP) is 5.02. The Balaban J connectivity index is 1.75. The van der Waals surface area contributed by atoms with E-state index in [2.05, 4.69) is 6.92 Å². The SMILES string of the molecule is CCCC(=O)CCCCCCCCCOC1CCCCO1. The number of rotatable bonds is 13. The standard InChI is InChI=1S/C18H34O3/c1-2-12-17(19)13-8-6-4-3-5-7-10-15-20-18-14-9-11-16-21-18/h18H,2-16H2,1H3. The monoisotopic (exact) mass is 298 g/mol. The fourth-order valence-corrected chi connectivity index (χ4v) is 2.77. The fraction of sp³-hybridized carbons (Fsp3) is 0.944. The first-order valence-corrected chi connectivity index (χ1v) is 9.08. The second-order valence-electron chi connectivity index (χ2n) is 6.18. The van der Waals surface area contributed by atoms with E-state index in [1.807, 2.05) is 0 Å². The number of unbranched alkanes of at least 4 members (excludes halogenated alkanes) is 6. The van der Waals surface area contributed by atoms with Gasteiger partial charge in [-0.15, -0.1) is 0 Å². The van der Waals surface area contributed by atoms with Gasteiger partial charge in [-0.25, -0.2) is 0 Å². The Morgan fingerprint density at radius 2 is 1.71 bits per heavy atom. The van der Waals surface area contributed by atoms with Crippen molar-refractivity contribution in [1.29, 1.82) is 0 Å². The summed E-state index contributed by atoms with van der Waals surface area (Å²) >= 11 is 0. The molecule has 0 aromatic carbocycles. The quantitative estimate of drug-likeness (QED) is 0.448. The third-order valence-electron chi connectivity index (χ3n) is 4.07. The van der Waals surface area contributed by atoms with E-state index in [0.717, 1.165) is 51.7 Å². The molecule has 1 aliphatic rings. The van der Waals surface area contributed by atoms with Crippen LogP contribution in [0.5, 0.6) is 0 Å². The van der Waals surface area contributed by atoms with Crippen LogP contribution >= 0.6 is 0 Å². The minimum Gasteiger partial charge on any atom is -0.353 e. The number of ether oxygens (including phenoxy) is 2. The lowest BCUT2D eigenvalue weighted by Crippen LogP contribution is -2.22. The number of Topliss-reactive ketones (excluding diaryl/α,β-unsaturated/α-hetero) is 1. The minimum atomic E-state index is 0.0689. The molecule has 1 atom stereocenters. The van der Waals surface area contributed by atoms with Crippen molar-refractivity contribution in [2.45, 2.75) is 96.7 Å². The molecule has 21 heavy (non-hydrogen) atoms. The van der Waals surface area contributed by atoms with E-state index in [-0.39, 0.29) is 6.29 Å². The van der Waals surface area contributed by atoms with Crippen molar-refractivity contribution in [3.05, 3.63) is 0 Å². The normalized spacial score (nSPS) is 18.8. The van der Waals surface area contributed by atoms with Crippen molar-refractivity contribution in [2.24, 2.45) is 0 Å². The topological polar surface area (TPSA) is 35.5 Å². The predicted molar refractivity (Wildman–Crippen MR) is 86.4 cm³/mol. The van der Waals surface area contributed by atoms with Crippen LogP contribution in [0.25, 0.3) is 0 Å². The lowest BCUT2D eigenvalue weighted by Gasteiger charge is -2.22. The maximum Gasteiger partial charge on any atom is 0.157 e. The largest absolute Gasteiger partial charge is 0.353 e. The van der Waals surface area contributed by atoms with Gasteiger partial charge in [0.05, 0.1) is 0 Å². The maximum absolute atomic E-state index is 11.4. The van der Waals surface area contributed by atoms with E-state index < -0.39 is 0 Å². The molecule has 124 valence electrons. The summed E-state index contributed by atoms with van der Waals surface area (Å²) in [4.78, 5) is 11.4. The molecule has 1 fully saturated rings. The highest BCUT2D eigenvalue weighted by atomic mass is 16.7. The third-order valence-corrected chi connectivity index (χ3v) is 4.07. The van der Waals surface area contributed by atoms with Crippen molar-refractivity contribution < 1.29 is 14.3 Å². The fourth-order valence-electron chi connectivity index (χ4n) is 2.77. The number of carbonyl (C=O) groups excluding carboxylic acids is 1. The molecule has 1 aliphatic heterocycles. The average Bonchev–Trinajstić information content (AvgIpc) is 2.50. The third kappa shape index (κ3) is 10.9. The zero-order chi connectivity index (χ0) is 15.2. The zero-order valence-corrected chi connectivity index (χ0v) is 13.9. The van der Waals surface area contributed by atoms with Crippen LogP contribution in [-0.4, -0.2) is 25.3 Å². The smallest absolute Gasteiger partial charge is 0.157 e. The molecule has 1 saturated heterocycles. The van der Waals surface area contributed by atoms with Crippen LogP contribution in [0.1, 0.15) is 90.4 Å². The van der Waals surface area contributed by atoms with Gasteiger partial charge in [0.15, 0.2) is 6.29 Å². The Bertz CT molecular complexity index is 247. The molecule has 3 heteroatoms. The Morgan fingerprint density at radius 1 is 1.00 bits per heavy atom. The van der Waals surface area contributed by atoms with Crippen molar-refractivity contribution in [1.82, 2.24) is 0 Å². The van der Waals surface area contributed by atoms with Gasteiger partial charge >= 0.3 is 0 Å². The molecule has 0 aromatic heterocycles. The van der Waals surface area contributed by atoms with Gasteiger partial charge in [-0.3, -0.25) is 4.79 Å². The van der Waals surface area contributed by atoms with Gasteiger partial charge in [-0.05, 0) is 38.5 Å². The van der Waals surface area contributed by atoms with Crippen LogP contribution in [0, 0.1) is 0 Å². The first-order chi connectivity index (χ1) is 10.3. The Morgan fingerprint density at radius 3 is 2.38 bits per heavy atom. The van der Waals surface area contributed by atoms with E-state index in [9.17, 15) is 4.79 Å². The lowest BCUT2D eigenvalue weighted by molar-refractivity contribution is -0.162. The molecule has 0 radical (unpaired) electrons. The highest BCUT2D eigenvalue weighted by Crippen LogP contribution is 2.15. The minimum absolute atomic E-state index is 0.0689. The molecular weight excluding hydrogens is 264 g/mol. The highest BCUT2D eigenvalue weighted by Gasteiger charge is 2.13. The van der Waals surface area contributed by atoms with Crippen LogP contribution in [0.15, 0.2) is 0 Å². The molecule has 0 aromatic rings. The van der Waals surface area contributed by atoms with Crippen molar-refractivity contribution in [3.63, 3.8) is 0 Å². The second-order valence-corrected chi connectivity index (χ2v) is 6.18. The molecule has 1 unspecified atom stereocenters. The molecule has 3 nitrogen and oxygen atoms in total. The molecule has 0 spiro atoms. The first-order valence-electron chi connectivity index (χ1n) is 9.08. The van der Waals surface area contributed by atoms with Gasteiger partial charge in [0.2, 0.25) is 0 Å². The number of ketones is 1. The summed E-state index contributed by atoms with van der Waals surface area (Å²) in [5.74, 6) is 0.444. The Labute approximate surface area is 130 Å². The van der Waals surface area contributed by atoms with Gasteiger partial charge in [0.25, 0.3) is 0 Å². The van der Waals surface area contributed by atoms with Crippen LogP contribution in [0.4, 0.5) is 0 Å². The summed E-state index contributed by atoms with van der Waals surface area (Å²) < 4.78 is 11.3. The van der Waals surface area contributed by atoms with E-state index in [4.69, 9.17) is 9.47 Å². The van der Waals surface area contributed by atoms with Crippen LogP contribution in [0.2, 0.25) is 0 Å². The van der Waals surface area contributed by atoms with Crippen LogP contribution in [0.3, 0.4) is 0 Å². The van der Waals surface area contributed by atoms with Gasteiger partial charge in [0, 0.05) is 26.1 Å². The average molecular weight is 298 g/mol. The van der Waals surface area contributed by atoms with E-state index in [1.165, 1.54) is 44.9 Å². The van der Waals surface area contributed by atoms with Gasteiger partial charge in [0.1, 0.15) is 5.78 Å². The molecular formula is C18H34O3. The maximum atomic E-state index is 11.4. The Kier molecular flexibility index (Phi) is 11.8. The number of hydrogen-bond donors (Lipinski definition) is 0. The molecule has 0 amide bonds. The van der Waals surface area contributed by atoms with Crippen molar-refractivity contribution in [2.75, 3.05) is 13.2 Å². The molecule has 1 heterocycles. The molecule has 0 bridgehead atoms. The number of carbonyl (C=O) groups is 1. The number of hydrogen-bond acceptors (Lipinski definition) is 3. The van der Waals surface area contributed by atoms with Gasteiger partial charge in [-0.2, -0.15) is 0 Å². The molecule has 0 aliphatic carbocycles. The van der Waals surface area contributed by atoms with Crippen LogP contribution in [-0.2, 0) is 14.3 Å². The Hall–Kier alpha value is -0.410. The summed E-state index contributed by atoms with van der Waals surface area (Å²) in [5, 5.41) is 0.